The largest absolute Gasteiger partial charge is 0.311 e. The van der Waals surface area contributed by atoms with Crippen LogP contribution in [0.1, 0.15) is 71.1 Å². The maximum absolute atomic E-state index is 11.9. The molecule has 0 aromatic carbocycles. The summed E-state index contributed by atoms with van der Waals surface area (Å²) in [6.45, 7) is 2.05. The molecule has 0 aliphatic heterocycles. The van der Waals surface area contributed by atoms with Gasteiger partial charge in [0.05, 0.1) is 0 Å². The van der Waals surface area contributed by atoms with Gasteiger partial charge >= 0.3 is 0 Å². The van der Waals surface area contributed by atoms with Crippen LogP contribution in [0.4, 0.5) is 0 Å². The van der Waals surface area contributed by atoms with E-state index in [1.807, 2.05) is 0 Å². The lowest BCUT2D eigenvalue weighted by atomic mass is 9.93. The molecule has 0 heterocycles. The molecule has 1 N–H and O–H groups in total. The molecule has 0 unspecified atom stereocenters. The Morgan fingerprint density at radius 3 is 2.28 bits per heavy atom. The Morgan fingerprint density at radius 1 is 0.944 bits per heavy atom. The van der Waals surface area contributed by atoms with Gasteiger partial charge in [-0.05, 0) is 32.1 Å². The third-order valence-electron chi connectivity index (χ3n) is 4.61. The van der Waals surface area contributed by atoms with Crippen molar-refractivity contribution >= 4 is 10.8 Å². The summed E-state index contributed by atoms with van der Waals surface area (Å²) in [6.07, 6.45) is 13.3. The van der Waals surface area contributed by atoms with Crippen molar-refractivity contribution in [2.24, 2.45) is 0 Å². The average Bonchev–Trinajstić information content (AvgIpc) is 2.67. The van der Waals surface area contributed by atoms with Gasteiger partial charge in [-0.25, -0.2) is 0 Å². The van der Waals surface area contributed by atoms with Gasteiger partial charge in [-0.1, -0.05) is 39.0 Å². The van der Waals surface area contributed by atoms with Crippen molar-refractivity contribution in [3.05, 3.63) is 0 Å². The second-order valence-corrected chi connectivity index (χ2v) is 8.02. The van der Waals surface area contributed by atoms with Gasteiger partial charge in [0.2, 0.25) is 0 Å². The lowest BCUT2D eigenvalue weighted by molar-refractivity contribution is 0.323. The van der Waals surface area contributed by atoms with E-state index in [-0.39, 0.29) is 0 Å². The van der Waals surface area contributed by atoms with Crippen LogP contribution in [0.3, 0.4) is 0 Å². The van der Waals surface area contributed by atoms with Gasteiger partial charge in [0, 0.05) is 33.9 Å². The molecule has 0 amide bonds. The first-order valence-electron chi connectivity index (χ1n) is 7.92. The van der Waals surface area contributed by atoms with Gasteiger partial charge in [0.1, 0.15) is 0 Å². The normalized spacial score (nSPS) is 32.9. The first kappa shape index (κ1) is 14.5. The van der Waals surface area contributed by atoms with Gasteiger partial charge in [-0.2, -0.15) is 0 Å². The molecule has 0 aromatic heterocycles. The Balaban J connectivity index is 1.79. The summed E-state index contributed by atoms with van der Waals surface area (Å²) in [5, 5.41) is 4.34. The highest BCUT2D eigenvalue weighted by Gasteiger charge is 2.27. The molecule has 0 saturated heterocycles. The lowest BCUT2D eigenvalue weighted by Gasteiger charge is -2.32. The fourth-order valence-corrected chi connectivity index (χ4v) is 4.90. The number of rotatable bonds is 4. The molecular formula is C15H29NOS. The summed E-state index contributed by atoms with van der Waals surface area (Å²) < 4.78 is 11.9. The number of nitrogens with one attached hydrogen (secondary N) is 1. The SMILES string of the molecule is CC[S@](=O)[C@@H]1CCC[C@@H](NC2CCCCCC2)C1. The van der Waals surface area contributed by atoms with Crippen molar-refractivity contribution in [3.8, 4) is 0 Å². The standard InChI is InChI=1S/C15H29NOS/c1-2-18(17)15-11-7-10-14(12-15)16-13-8-5-3-4-6-9-13/h13-16H,2-12H2,1H3/t14-,15-,18+/m1/s1. The van der Waals surface area contributed by atoms with E-state index >= 15 is 0 Å². The van der Waals surface area contributed by atoms with Crippen LogP contribution in [0.2, 0.25) is 0 Å². The second kappa shape index (κ2) is 7.64. The smallest absolute Gasteiger partial charge is 0.0362 e. The molecule has 2 aliphatic carbocycles. The zero-order valence-electron chi connectivity index (χ0n) is 11.8. The molecule has 3 atom stereocenters. The molecule has 18 heavy (non-hydrogen) atoms. The topological polar surface area (TPSA) is 29.1 Å². The minimum atomic E-state index is -0.584. The summed E-state index contributed by atoms with van der Waals surface area (Å²) in [5.74, 6) is 0.834. The molecule has 2 saturated carbocycles. The van der Waals surface area contributed by atoms with E-state index in [1.165, 1.54) is 57.8 Å². The predicted molar refractivity (Wildman–Crippen MR) is 79.4 cm³/mol. The van der Waals surface area contributed by atoms with E-state index in [2.05, 4.69) is 12.2 Å². The molecule has 2 rings (SSSR count). The quantitative estimate of drug-likeness (QED) is 0.794. The van der Waals surface area contributed by atoms with Crippen molar-refractivity contribution < 1.29 is 4.21 Å². The Bertz CT molecular complexity index is 261. The van der Waals surface area contributed by atoms with Crippen molar-refractivity contribution in [2.45, 2.75) is 88.5 Å². The van der Waals surface area contributed by atoms with Crippen LogP contribution < -0.4 is 5.32 Å². The van der Waals surface area contributed by atoms with Crippen LogP contribution in [0.15, 0.2) is 0 Å². The molecule has 0 bridgehead atoms. The van der Waals surface area contributed by atoms with E-state index < -0.39 is 10.8 Å². The predicted octanol–water partition coefficient (Wildman–Crippen LogP) is 3.38. The first-order valence-corrected chi connectivity index (χ1v) is 9.31. The molecule has 0 aromatic rings. The Hall–Kier alpha value is 0.110. The average molecular weight is 271 g/mol. The van der Waals surface area contributed by atoms with Crippen LogP contribution in [0.25, 0.3) is 0 Å². The number of hydrogen-bond donors (Lipinski definition) is 1. The van der Waals surface area contributed by atoms with E-state index in [1.54, 1.807) is 0 Å². The Labute approximate surface area is 115 Å². The van der Waals surface area contributed by atoms with Crippen LogP contribution >= 0.6 is 0 Å². The third-order valence-corrected chi connectivity index (χ3v) is 6.35. The lowest BCUT2D eigenvalue weighted by Crippen LogP contribution is -2.43. The fraction of sp³-hybridized carbons (Fsp3) is 1.00. The summed E-state index contributed by atoms with van der Waals surface area (Å²) in [6, 6.07) is 1.38. The molecular weight excluding hydrogens is 242 g/mol. The molecule has 2 fully saturated rings. The van der Waals surface area contributed by atoms with Gasteiger partial charge in [0.25, 0.3) is 0 Å². The fourth-order valence-electron chi connectivity index (χ4n) is 3.55. The minimum Gasteiger partial charge on any atom is -0.311 e. The van der Waals surface area contributed by atoms with Crippen LogP contribution in [-0.2, 0) is 10.8 Å². The van der Waals surface area contributed by atoms with E-state index in [0.29, 0.717) is 11.3 Å². The highest BCUT2D eigenvalue weighted by atomic mass is 32.2. The summed E-state index contributed by atoms with van der Waals surface area (Å²) in [5.41, 5.74) is 0. The molecule has 0 radical (unpaired) electrons. The zero-order chi connectivity index (χ0) is 12.8. The molecule has 2 aliphatic rings. The number of hydrogen-bond acceptors (Lipinski definition) is 2. The molecule has 106 valence electrons. The van der Waals surface area contributed by atoms with Crippen LogP contribution in [0.5, 0.6) is 0 Å². The minimum absolute atomic E-state index is 0.465. The van der Waals surface area contributed by atoms with Crippen molar-refractivity contribution in [3.63, 3.8) is 0 Å². The molecule has 3 heteroatoms. The van der Waals surface area contributed by atoms with Gasteiger partial charge in [-0.15, -0.1) is 0 Å². The highest BCUT2D eigenvalue weighted by Crippen LogP contribution is 2.25. The highest BCUT2D eigenvalue weighted by molar-refractivity contribution is 7.85. The van der Waals surface area contributed by atoms with Crippen molar-refractivity contribution in [2.75, 3.05) is 5.75 Å². The van der Waals surface area contributed by atoms with E-state index in [0.717, 1.165) is 18.2 Å². The van der Waals surface area contributed by atoms with Crippen LogP contribution in [0, 0.1) is 0 Å². The van der Waals surface area contributed by atoms with Crippen LogP contribution in [-0.4, -0.2) is 27.3 Å². The zero-order valence-corrected chi connectivity index (χ0v) is 12.6. The van der Waals surface area contributed by atoms with Gasteiger partial charge in [0.15, 0.2) is 0 Å². The van der Waals surface area contributed by atoms with Crippen molar-refractivity contribution in [1.29, 1.82) is 0 Å². The maximum Gasteiger partial charge on any atom is 0.0362 e. The summed E-state index contributed by atoms with van der Waals surface area (Å²) in [7, 11) is -0.584. The van der Waals surface area contributed by atoms with Gasteiger partial charge in [-0.3, -0.25) is 4.21 Å². The van der Waals surface area contributed by atoms with Crippen molar-refractivity contribution in [1.82, 2.24) is 5.32 Å². The summed E-state index contributed by atoms with van der Waals surface area (Å²) >= 11 is 0. The molecule has 0 spiro atoms. The monoisotopic (exact) mass is 271 g/mol. The third kappa shape index (κ3) is 4.34. The first-order chi connectivity index (χ1) is 8.79. The van der Waals surface area contributed by atoms with E-state index in [9.17, 15) is 4.21 Å². The maximum atomic E-state index is 11.9. The molecule has 2 nitrogen and oxygen atoms in total. The van der Waals surface area contributed by atoms with E-state index in [4.69, 9.17) is 0 Å². The summed E-state index contributed by atoms with van der Waals surface area (Å²) in [4.78, 5) is 0. The van der Waals surface area contributed by atoms with Gasteiger partial charge < -0.3 is 5.32 Å². The second-order valence-electron chi connectivity index (χ2n) is 6.01. The Kier molecular flexibility index (Phi) is 6.16. The Morgan fingerprint density at radius 2 is 1.61 bits per heavy atom.